The minimum atomic E-state index is -0.530. The number of hydrogen-bond donors (Lipinski definition) is 1. The van der Waals surface area contributed by atoms with E-state index in [0.29, 0.717) is 29.3 Å². The number of unbranched alkanes of at least 4 members (excludes halogenated alkanes) is 1. The van der Waals surface area contributed by atoms with Crippen LogP contribution in [-0.2, 0) is 12.8 Å². The highest BCUT2D eigenvalue weighted by Crippen LogP contribution is 2.32. The molecule has 0 saturated carbocycles. The molecule has 0 spiro atoms. The molecule has 2 aromatic heterocycles. The van der Waals surface area contributed by atoms with Crippen molar-refractivity contribution in [2.45, 2.75) is 44.4 Å². The molecule has 0 fully saturated rings. The number of allylic oxidation sites excluding steroid dienone is 8. The quantitative estimate of drug-likeness (QED) is 0.168. The summed E-state index contributed by atoms with van der Waals surface area (Å²) < 4.78 is 14.0. The first-order valence-corrected chi connectivity index (χ1v) is 13.1. The van der Waals surface area contributed by atoms with Crippen molar-refractivity contribution >= 4 is 20.7 Å². The highest BCUT2D eigenvalue weighted by atomic mass is 31.0. The van der Waals surface area contributed by atoms with Crippen molar-refractivity contribution < 1.29 is 9.18 Å². The van der Waals surface area contributed by atoms with Gasteiger partial charge in [0.1, 0.15) is 5.83 Å². The van der Waals surface area contributed by atoms with Crippen LogP contribution in [0, 0.1) is 28.6 Å². The Balaban J connectivity index is 1.54. The van der Waals surface area contributed by atoms with E-state index in [1.54, 1.807) is 36.7 Å². The fraction of sp³-hybridized carbons (Fsp3) is 0.300. The Bertz CT molecular complexity index is 1320. The summed E-state index contributed by atoms with van der Waals surface area (Å²) in [7, 11) is 2.75. The molecule has 4 unspecified atom stereocenters. The Hall–Kier alpha value is -3.55. The number of rotatable bonds is 10. The molecule has 37 heavy (non-hydrogen) atoms. The van der Waals surface area contributed by atoms with Gasteiger partial charge in [0.05, 0.1) is 23.4 Å². The number of hydrogen-bond acceptors (Lipinski definition) is 5. The SMILES string of the molecule is N#CC1C=CC(F)=CC1c1ccc(C(=O)C(=N)Cc2cccnc2)c(CCCCC2C=C(P)C=CC2)n1. The number of Topliss-reactive ketones (excluding diaryl/α,β-unsaturated/α-hetero) is 1. The summed E-state index contributed by atoms with van der Waals surface area (Å²) in [6.07, 6.45) is 18.8. The number of aromatic nitrogens is 2. The highest BCUT2D eigenvalue weighted by molar-refractivity contribution is 7.22. The van der Waals surface area contributed by atoms with Crippen molar-refractivity contribution in [1.29, 1.82) is 10.7 Å². The summed E-state index contributed by atoms with van der Waals surface area (Å²) in [5.41, 5.74) is 2.32. The second kappa shape index (κ2) is 12.6. The van der Waals surface area contributed by atoms with E-state index in [0.717, 1.165) is 31.2 Å². The van der Waals surface area contributed by atoms with Gasteiger partial charge in [0.25, 0.3) is 0 Å². The standard InChI is InChI=1S/C30H30FN4OP/c31-23-11-10-22(18-32)26(17-23)29-13-12-25(30(36)27(33)16-21-7-4-14-34-19-21)28(35-29)9-2-1-5-20-6-3-8-24(37)15-20/h3-4,7-8,10-15,17,19-20,22,26,33H,1-2,5-6,9,16,37H2. The largest absolute Gasteiger partial charge is 0.301 e. The smallest absolute Gasteiger partial charge is 0.208 e. The van der Waals surface area contributed by atoms with Crippen LogP contribution in [0.15, 0.2) is 84.3 Å². The second-order valence-electron chi connectivity index (χ2n) is 9.48. The molecule has 0 bridgehead atoms. The van der Waals surface area contributed by atoms with Gasteiger partial charge in [0.2, 0.25) is 5.78 Å². The van der Waals surface area contributed by atoms with Crippen LogP contribution in [0.25, 0.3) is 0 Å². The molecule has 1 N–H and O–H groups in total. The molecule has 0 radical (unpaired) electrons. The van der Waals surface area contributed by atoms with Gasteiger partial charge >= 0.3 is 0 Å². The van der Waals surface area contributed by atoms with Crippen LogP contribution in [0.2, 0.25) is 0 Å². The number of carbonyl (C=O) groups is 1. The van der Waals surface area contributed by atoms with E-state index in [1.165, 1.54) is 17.5 Å². The summed E-state index contributed by atoms with van der Waals surface area (Å²) in [5.74, 6) is -1.32. The Morgan fingerprint density at radius 1 is 1.22 bits per heavy atom. The van der Waals surface area contributed by atoms with Crippen LogP contribution in [-0.4, -0.2) is 21.5 Å². The molecule has 4 atom stereocenters. The lowest BCUT2D eigenvalue weighted by Gasteiger charge is -2.20. The predicted molar refractivity (Wildman–Crippen MR) is 147 cm³/mol. The molecule has 7 heteroatoms. The first-order valence-electron chi connectivity index (χ1n) is 12.5. The zero-order valence-electron chi connectivity index (χ0n) is 20.6. The number of nitriles is 1. The Morgan fingerprint density at radius 3 is 2.84 bits per heavy atom. The lowest BCUT2D eigenvalue weighted by atomic mass is 9.85. The number of nitrogens with zero attached hydrogens (tertiary/aromatic N) is 3. The van der Waals surface area contributed by atoms with Crippen LogP contribution in [0.5, 0.6) is 0 Å². The number of carbonyl (C=O) groups excluding carboxylic acids is 1. The van der Waals surface area contributed by atoms with Crippen molar-refractivity contribution in [2.24, 2.45) is 11.8 Å². The van der Waals surface area contributed by atoms with E-state index >= 15 is 0 Å². The van der Waals surface area contributed by atoms with E-state index < -0.39 is 17.7 Å². The second-order valence-corrected chi connectivity index (χ2v) is 10.1. The van der Waals surface area contributed by atoms with E-state index in [9.17, 15) is 14.4 Å². The van der Waals surface area contributed by atoms with Crippen LogP contribution in [0.3, 0.4) is 0 Å². The number of pyridine rings is 2. The van der Waals surface area contributed by atoms with Gasteiger partial charge < -0.3 is 5.41 Å². The summed E-state index contributed by atoms with van der Waals surface area (Å²) in [6.45, 7) is 0. The number of ketones is 1. The molecule has 2 heterocycles. The number of halogens is 1. The van der Waals surface area contributed by atoms with Gasteiger partial charge in [-0.2, -0.15) is 5.26 Å². The van der Waals surface area contributed by atoms with Crippen LogP contribution >= 0.6 is 9.24 Å². The van der Waals surface area contributed by atoms with Gasteiger partial charge in [-0.25, -0.2) is 4.39 Å². The van der Waals surface area contributed by atoms with Gasteiger partial charge in [-0.1, -0.05) is 36.8 Å². The third-order valence-electron chi connectivity index (χ3n) is 6.71. The van der Waals surface area contributed by atoms with Crippen LogP contribution in [0.1, 0.15) is 58.9 Å². The van der Waals surface area contributed by atoms with Gasteiger partial charge in [0.15, 0.2) is 0 Å². The Kier molecular flexibility index (Phi) is 9.04. The molecule has 188 valence electrons. The topological polar surface area (TPSA) is 90.5 Å². The molecule has 0 amide bonds. The lowest BCUT2D eigenvalue weighted by Crippen LogP contribution is -2.20. The molecule has 2 aliphatic carbocycles. The third-order valence-corrected chi connectivity index (χ3v) is 7.10. The summed E-state index contributed by atoms with van der Waals surface area (Å²) in [4.78, 5) is 22.2. The Labute approximate surface area is 219 Å². The summed E-state index contributed by atoms with van der Waals surface area (Å²) >= 11 is 0. The fourth-order valence-electron chi connectivity index (χ4n) is 4.76. The summed E-state index contributed by atoms with van der Waals surface area (Å²) in [6, 6.07) is 9.20. The number of aryl methyl sites for hydroxylation is 1. The molecule has 0 saturated heterocycles. The first-order chi connectivity index (χ1) is 17.9. The van der Waals surface area contributed by atoms with E-state index in [2.05, 4.69) is 38.5 Å². The fourth-order valence-corrected chi connectivity index (χ4v) is 5.17. The normalized spacial score (nSPS) is 20.6. The monoisotopic (exact) mass is 512 g/mol. The van der Waals surface area contributed by atoms with E-state index in [-0.39, 0.29) is 17.9 Å². The van der Waals surface area contributed by atoms with Crippen molar-refractivity contribution in [2.75, 3.05) is 0 Å². The molecular weight excluding hydrogens is 482 g/mol. The van der Waals surface area contributed by atoms with Gasteiger partial charge in [0, 0.05) is 36.0 Å². The van der Waals surface area contributed by atoms with Crippen molar-refractivity contribution in [3.63, 3.8) is 0 Å². The maximum Gasteiger partial charge on any atom is 0.208 e. The minimum Gasteiger partial charge on any atom is -0.301 e. The maximum atomic E-state index is 14.0. The van der Waals surface area contributed by atoms with E-state index in [4.69, 9.17) is 10.4 Å². The van der Waals surface area contributed by atoms with Crippen molar-refractivity contribution in [3.05, 3.63) is 107 Å². The molecule has 0 aromatic carbocycles. The molecule has 2 aromatic rings. The molecule has 5 nitrogen and oxygen atoms in total. The maximum absolute atomic E-state index is 14.0. The molecule has 4 rings (SSSR count). The third kappa shape index (κ3) is 7.02. The minimum absolute atomic E-state index is 0.0302. The Morgan fingerprint density at radius 2 is 2.08 bits per heavy atom. The van der Waals surface area contributed by atoms with Crippen molar-refractivity contribution in [1.82, 2.24) is 9.97 Å². The van der Waals surface area contributed by atoms with Crippen LogP contribution < -0.4 is 0 Å². The zero-order valence-corrected chi connectivity index (χ0v) is 21.8. The first kappa shape index (κ1) is 26.5. The predicted octanol–water partition coefficient (Wildman–Crippen LogP) is 6.62. The molecular formula is C30H30FN4OP. The highest BCUT2D eigenvalue weighted by Gasteiger charge is 2.26. The molecule has 0 aliphatic heterocycles. The van der Waals surface area contributed by atoms with Gasteiger partial charge in [-0.3, -0.25) is 14.8 Å². The number of nitrogens with one attached hydrogen (secondary N) is 1. The van der Waals surface area contributed by atoms with Crippen molar-refractivity contribution in [3.8, 4) is 6.07 Å². The molecule has 2 aliphatic rings. The average molecular weight is 513 g/mol. The van der Waals surface area contributed by atoms with Crippen LogP contribution in [0.4, 0.5) is 4.39 Å². The van der Waals surface area contributed by atoms with Gasteiger partial charge in [-0.05, 0) is 72.8 Å². The average Bonchev–Trinajstić information content (AvgIpc) is 2.91. The lowest BCUT2D eigenvalue weighted by molar-refractivity contribution is 0.106. The summed E-state index contributed by atoms with van der Waals surface area (Å²) in [5, 5.41) is 19.2. The van der Waals surface area contributed by atoms with E-state index in [1.807, 2.05) is 6.07 Å². The zero-order chi connectivity index (χ0) is 26.2. The van der Waals surface area contributed by atoms with Gasteiger partial charge in [-0.15, -0.1) is 9.24 Å².